The number of rotatable bonds is 4. The lowest BCUT2D eigenvalue weighted by molar-refractivity contribution is -0.384. The minimum atomic E-state index is -0.440. The third kappa shape index (κ3) is 4.64. The highest BCUT2D eigenvalue weighted by molar-refractivity contribution is 5.96. The van der Waals surface area contributed by atoms with Crippen LogP contribution in [0, 0.1) is 16.0 Å². The fourth-order valence-corrected chi connectivity index (χ4v) is 4.54. The Balaban J connectivity index is 1.43. The van der Waals surface area contributed by atoms with Crippen molar-refractivity contribution in [3.05, 3.63) is 33.9 Å². The third-order valence-corrected chi connectivity index (χ3v) is 6.34. The van der Waals surface area contributed by atoms with Crippen molar-refractivity contribution >= 4 is 23.2 Å². The molecule has 3 fully saturated rings. The lowest BCUT2D eigenvalue weighted by atomic mass is 9.95. The van der Waals surface area contributed by atoms with Crippen molar-refractivity contribution in [3.8, 4) is 0 Å². The van der Waals surface area contributed by atoms with Crippen LogP contribution >= 0.6 is 0 Å². The number of nitrogens with zero attached hydrogens (tertiary/aromatic N) is 4. The summed E-state index contributed by atoms with van der Waals surface area (Å²) in [5.74, 6) is 0.0876. The third-order valence-electron chi connectivity index (χ3n) is 6.34. The van der Waals surface area contributed by atoms with E-state index in [4.69, 9.17) is 9.47 Å². The Morgan fingerprint density at radius 2 is 1.65 bits per heavy atom. The van der Waals surface area contributed by atoms with Crippen LogP contribution in [0.15, 0.2) is 18.2 Å². The lowest BCUT2D eigenvalue weighted by Crippen LogP contribution is -2.48. The first-order valence-corrected chi connectivity index (χ1v) is 10.8. The molecule has 10 nitrogen and oxygen atoms in total. The second-order valence-corrected chi connectivity index (χ2v) is 8.19. The number of anilines is 1. The predicted molar refractivity (Wildman–Crippen MR) is 112 cm³/mol. The number of piperazine rings is 1. The smallest absolute Gasteiger partial charge is 0.293 e. The zero-order chi connectivity index (χ0) is 22.0. The number of carbonyl (C=O) groups excluding carboxylic acids is 2. The van der Waals surface area contributed by atoms with Gasteiger partial charge in [-0.05, 0) is 25.0 Å². The topological polar surface area (TPSA) is 105 Å². The highest BCUT2D eigenvalue weighted by Crippen LogP contribution is 2.32. The van der Waals surface area contributed by atoms with Crippen LogP contribution in [0.3, 0.4) is 0 Å². The molecular weight excluding hydrogens is 404 g/mol. The zero-order valence-electron chi connectivity index (χ0n) is 17.7. The molecule has 31 heavy (non-hydrogen) atoms. The summed E-state index contributed by atoms with van der Waals surface area (Å²) in [7, 11) is 0. The number of ether oxygens (including phenoxy) is 2. The molecule has 0 radical (unpaired) electrons. The summed E-state index contributed by atoms with van der Waals surface area (Å²) in [6.45, 7) is 6.00. The first-order valence-electron chi connectivity index (χ1n) is 10.8. The second-order valence-electron chi connectivity index (χ2n) is 8.19. The highest BCUT2D eigenvalue weighted by atomic mass is 16.7. The number of hydrogen-bond donors (Lipinski definition) is 0. The summed E-state index contributed by atoms with van der Waals surface area (Å²) < 4.78 is 11.2. The molecule has 0 bridgehead atoms. The van der Waals surface area contributed by atoms with Gasteiger partial charge < -0.3 is 24.2 Å². The van der Waals surface area contributed by atoms with Gasteiger partial charge in [-0.1, -0.05) is 0 Å². The van der Waals surface area contributed by atoms with Crippen molar-refractivity contribution in [2.45, 2.75) is 26.1 Å². The zero-order valence-corrected chi connectivity index (χ0v) is 17.7. The second kappa shape index (κ2) is 9.19. The molecule has 4 rings (SSSR count). The number of piperidine rings is 1. The highest BCUT2D eigenvalue weighted by Gasteiger charge is 2.33. The van der Waals surface area contributed by atoms with Crippen molar-refractivity contribution in [2.75, 3.05) is 57.4 Å². The van der Waals surface area contributed by atoms with Crippen LogP contribution in [0.25, 0.3) is 0 Å². The summed E-state index contributed by atoms with van der Waals surface area (Å²) in [5.41, 5.74) is 0.730. The number of hydrogen-bond acceptors (Lipinski definition) is 7. The first-order chi connectivity index (χ1) is 14.9. The van der Waals surface area contributed by atoms with Crippen molar-refractivity contribution in [1.29, 1.82) is 0 Å². The monoisotopic (exact) mass is 432 g/mol. The Morgan fingerprint density at radius 3 is 2.23 bits per heavy atom. The minimum Gasteiger partial charge on any atom is -0.362 e. The molecule has 3 saturated heterocycles. The molecule has 1 aromatic carbocycles. The molecule has 0 unspecified atom stereocenters. The maximum Gasteiger partial charge on any atom is 0.293 e. The van der Waals surface area contributed by atoms with Crippen LogP contribution in [0.4, 0.5) is 11.4 Å². The van der Waals surface area contributed by atoms with Gasteiger partial charge in [0.15, 0.2) is 6.29 Å². The van der Waals surface area contributed by atoms with Crippen molar-refractivity contribution in [1.82, 2.24) is 9.80 Å². The maximum atomic E-state index is 13.0. The van der Waals surface area contributed by atoms with Gasteiger partial charge in [-0.15, -0.1) is 0 Å². The van der Waals surface area contributed by atoms with Gasteiger partial charge in [0.25, 0.3) is 11.6 Å². The molecule has 0 saturated carbocycles. The molecule has 3 aliphatic heterocycles. The lowest BCUT2D eigenvalue weighted by Gasteiger charge is -2.35. The van der Waals surface area contributed by atoms with Crippen LogP contribution in [0.1, 0.15) is 30.1 Å². The predicted octanol–water partition coefficient (Wildman–Crippen LogP) is 1.49. The van der Waals surface area contributed by atoms with Gasteiger partial charge in [-0.3, -0.25) is 19.7 Å². The fourth-order valence-electron chi connectivity index (χ4n) is 4.54. The number of carbonyl (C=O) groups is 2. The summed E-state index contributed by atoms with van der Waals surface area (Å²) in [5, 5.41) is 11.7. The van der Waals surface area contributed by atoms with Gasteiger partial charge in [0.2, 0.25) is 5.91 Å². The molecule has 168 valence electrons. The SMILES string of the molecule is CC(=O)N1CCN(c2ccc(C(=O)N3CCC(C4OCCO4)CC3)cc2[N+](=O)[O-])CC1. The molecule has 10 heteroatoms. The Kier molecular flexibility index (Phi) is 6.38. The quantitative estimate of drug-likeness (QED) is 0.524. The van der Waals surface area contributed by atoms with Crippen LogP contribution in [-0.4, -0.2) is 85.3 Å². The number of amides is 2. The molecule has 0 aromatic heterocycles. The molecule has 2 amide bonds. The van der Waals surface area contributed by atoms with E-state index in [2.05, 4.69) is 0 Å². The van der Waals surface area contributed by atoms with E-state index in [-0.39, 0.29) is 29.7 Å². The number of likely N-dealkylation sites (tertiary alicyclic amines) is 1. The van der Waals surface area contributed by atoms with Gasteiger partial charge in [-0.25, -0.2) is 0 Å². The Hall–Kier alpha value is -2.72. The van der Waals surface area contributed by atoms with Gasteiger partial charge in [-0.2, -0.15) is 0 Å². The first kappa shape index (κ1) is 21.5. The van der Waals surface area contributed by atoms with Crippen LogP contribution in [-0.2, 0) is 14.3 Å². The Bertz CT molecular complexity index is 840. The van der Waals surface area contributed by atoms with Crippen molar-refractivity contribution in [3.63, 3.8) is 0 Å². The fraction of sp³-hybridized carbons (Fsp3) is 0.619. The number of benzene rings is 1. The average Bonchev–Trinajstić information content (AvgIpc) is 3.33. The number of nitro groups is 1. The van der Waals surface area contributed by atoms with E-state index in [0.717, 1.165) is 12.8 Å². The van der Waals surface area contributed by atoms with E-state index in [1.165, 1.54) is 13.0 Å². The standard InChI is InChI=1S/C21H28N4O6/c1-15(26)22-8-10-23(11-9-22)18-3-2-17(14-19(18)25(28)29)20(27)24-6-4-16(5-7-24)21-30-12-13-31-21/h2-3,14,16,21H,4-13H2,1H3. The summed E-state index contributed by atoms with van der Waals surface area (Å²) in [6.07, 6.45) is 1.40. The normalized spacial score (nSPS) is 20.9. The Morgan fingerprint density at radius 1 is 1.00 bits per heavy atom. The average molecular weight is 432 g/mol. The summed E-state index contributed by atoms with van der Waals surface area (Å²) in [6, 6.07) is 4.70. The molecule has 0 atom stereocenters. The van der Waals surface area contributed by atoms with Gasteiger partial charge in [0.1, 0.15) is 5.69 Å². The molecule has 1 aromatic rings. The van der Waals surface area contributed by atoms with Crippen LogP contribution < -0.4 is 4.90 Å². The van der Waals surface area contributed by atoms with E-state index in [1.807, 2.05) is 4.90 Å². The summed E-state index contributed by atoms with van der Waals surface area (Å²) >= 11 is 0. The van der Waals surface area contributed by atoms with E-state index >= 15 is 0 Å². The number of nitro benzene ring substituents is 1. The van der Waals surface area contributed by atoms with Crippen LogP contribution in [0.5, 0.6) is 0 Å². The summed E-state index contributed by atoms with van der Waals surface area (Å²) in [4.78, 5) is 41.2. The van der Waals surface area contributed by atoms with E-state index in [1.54, 1.807) is 21.9 Å². The van der Waals surface area contributed by atoms with Gasteiger partial charge in [0.05, 0.1) is 18.1 Å². The van der Waals surface area contributed by atoms with E-state index in [9.17, 15) is 19.7 Å². The van der Waals surface area contributed by atoms with Crippen molar-refractivity contribution in [2.24, 2.45) is 5.92 Å². The Labute approximate surface area is 180 Å². The van der Waals surface area contributed by atoms with Gasteiger partial charge in [0, 0.05) is 63.7 Å². The van der Waals surface area contributed by atoms with E-state index < -0.39 is 4.92 Å². The molecular formula is C21H28N4O6. The van der Waals surface area contributed by atoms with Crippen molar-refractivity contribution < 1.29 is 24.0 Å². The maximum absolute atomic E-state index is 13.0. The van der Waals surface area contributed by atoms with E-state index in [0.29, 0.717) is 63.7 Å². The molecule has 3 aliphatic rings. The molecule has 0 aliphatic carbocycles. The van der Waals surface area contributed by atoms with Crippen LogP contribution in [0.2, 0.25) is 0 Å². The minimum absolute atomic E-state index is 0.00456. The van der Waals surface area contributed by atoms with Gasteiger partial charge >= 0.3 is 0 Å². The molecule has 3 heterocycles. The molecule has 0 N–H and O–H groups in total. The molecule has 0 spiro atoms. The largest absolute Gasteiger partial charge is 0.362 e.